The minimum atomic E-state index is -0.109. The zero-order valence-corrected chi connectivity index (χ0v) is 8.90. The minimum Gasteiger partial charge on any atom is -0.466 e. The van der Waals surface area contributed by atoms with E-state index in [2.05, 4.69) is 25.2 Å². The van der Waals surface area contributed by atoms with Gasteiger partial charge in [-0.25, -0.2) is 0 Å². The van der Waals surface area contributed by atoms with Crippen molar-refractivity contribution in [1.29, 1.82) is 0 Å². The predicted octanol–water partition coefficient (Wildman–Crippen LogP) is 2.71. The van der Waals surface area contributed by atoms with Gasteiger partial charge in [0.25, 0.3) is 0 Å². The van der Waals surface area contributed by atoms with Gasteiger partial charge >= 0.3 is 5.97 Å². The van der Waals surface area contributed by atoms with E-state index in [1.807, 2.05) is 13.0 Å². The van der Waals surface area contributed by atoms with Crippen LogP contribution in [-0.2, 0) is 9.53 Å². The molecule has 1 aliphatic carbocycles. The summed E-state index contributed by atoms with van der Waals surface area (Å²) < 4.78 is 4.99. The van der Waals surface area contributed by atoms with Gasteiger partial charge in [-0.05, 0) is 25.7 Å². The molecule has 0 fully saturated rings. The topological polar surface area (TPSA) is 26.3 Å². The Hall–Kier alpha value is -1.05. The lowest BCUT2D eigenvalue weighted by Gasteiger charge is -2.12. The van der Waals surface area contributed by atoms with Crippen LogP contribution in [0.3, 0.4) is 0 Å². The number of carbonyl (C=O) groups excluding carboxylic acids is 1. The molecule has 0 bridgehead atoms. The van der Waals surface area contributed by atoms with Crippen LogP contribution in [0.1, 0.15) is 26.7 Å². The highest BCUT2D eigenvalue weighted by Gasteiger charge is 2.16. The van der Waals surface area contributed by atoms with Gasteiger partial charge in [-0.15, -0.1) is 0 Å². The molecule has 1 aliphatic rings. The van der Waals surface area contributed by atoms with Gasteiger partial charge in [0.15, 0.2) is 0 Å². The van der Waals surface area contributed by atoms with Crippen molar-refractivity contribution in [2.75, 3.05) is 6.61 Å². The first-order valence-corrected chi connectivity index (χ1v) is 5.24. The van der Waals surface area contributed by atoms with Crippen LogP contribution in [0.5, 0.6) is 0 Å². The summed E-state index contributed by atoms with van der Waals surface area (Å²) >= 11 is 0. The fourth-order valence-corrected chi connectivity index (χ4v) is 1.46. The summed E-state index contributed by atoms with van der Waals surface area (Å²) in [5.74, 6) is 0.319. The molecular weight excluding hydrogens is 176 g/mol. The summed E-state index contributed by atoms with van der Waals surface area (Å²) in [5, 5.41) is 0. The van der Waals surface area contributed by atoms with Crippen molar-refractivity contribution >= 4 is 5.97 Å². The Balaban J connectivity index is 2.58. The summed E-state index contributed by atoms with van der Waals surface area (Å²) in [5.41, 5.74) is 0. The molecule has 0 aromatic carbocycles. The standard InChI is InChI=1S/C12H18O2/c1-3-14-12(13)11-7-5-4-6-10(2)8-9-11/h4-5,8-11H,3,6-7H2,1-2H3/b5-4-,9-8-. The third-order valence-electron chi connectivity index (χ3n) is 2.33. The summed E-state index contributed by atoms with van der Waals surface area (Å²) in [4.78, 5) is 11.5. The van der Waals surface area contributed by atoms with Crippen LogP contribution in [-0.4, -0.2) is 12.6 Å². The monoisotopic (exact) mass is 194 g/mol. The molecule has 2 atom stereocenters. The lowest BCUT2D eigenvalue weighted by atomic mass is 9.97. The second-order valence-corrected chi connectivity index (χ2v) is 3.66. The SMILES string of the molecule is CCOC(=O)C1/C=C\C(C)C/C=C\C1. The van der Waals surface area contributed by atoms with Crippen LogP contribution in [0, 0.1) is 11.8 Å². The first-order chi connectivity index (χ1) is 6.74. The molecule has 78 valence electrons. The van der Waals surface area contributed by atoms with Crippen LogP contribution < -0.4 is 0 Å². The number of carbonyl (C=O) groups is 1. The van der Waals surface area contributed by atoms with Crippen LogP contribution in [0.25, 0.3) is 0 Å². The number of allylic oxidation sites excluding steroid dienone is 3. The van der Waals surface area contributed by atoms with Gasteiger partial charge in [-0.2, -0.15) is 0 Å². The highest BCUT2D eigenvalue weighted by Crippen LogP contribution is 2.16. The first-order valence-electron chi connectivity index (χ1n) is 5.24. The van der Waals surface area contributed by atoms with E-state index in [9.17, 15) is 4.79 Å². The van der Waals surface area contributed by atoms with E-state index in [-0.39, 0.29) is 11.9 Å². The van der Waals surface area contributed by atoms with Crippen LogP contribution in [0.15, 0.2) is 24.3 Å². The molecule has 0 aromatic rings. The van der Waals surface area contributed by atoms with Crippen molar-refractivity contribution in [3.8, 4) is 0 Å². The molecule has 0 saturated carbocycles. The van der Waals surface area contributed by atoms with E-state index in [1.54, 1.807) is 0 Å². The van der Waals surface area contributed by atoms with E-state index in [0.717, 1.165) is 12.8 Å². The molecule has 2 unspecified atom stereocenters. The Labute approximate surface area is 85.6 Å². The molecule has 2 nitrogen and oxygen atoms in total. The molecule has 0 amide bonds. The average molecular weight is 194 g/mol. The molecule has 2 heteroatoms. The maximum atomic E-state index is 11.5. The normalized spacial score (nSPS) is 31.3. The van der Waals surface area contributed by atoms with E-state index < -0.39 is 0 Å². The Morgan fingerprint density at radius 2 is 2.07 bits per heavy atom. The van der Waals surface area contributed by atoms with Gasteiger partial charge < -0.3 is 4.74 Å². The smallest absolute Gasteiger partial charge is 0.313 e. The predicted molar refractivity (Wildman–Crippen MR) is 56.8 cm³/mol. The Morgan fingerprint density at radius 3 is 2.79 bits per heavy atom. The molecule has 0 aliphatic heterocycles. The van der Waals surface area contributed by atoms with E-state index in [4.69, 9.17) is 4.74 Å². The van der Waals surface area contributed by atoms with E-state index in [0.29, 0.717) is 12.5 Å². The van der Waals surface area contributed by atoms with Gasteiger partial charge in [0, 0.05) is 0 Å². The second kappa shape index (κ2) is 5.63. The maximum absolute atomic E-state index is 11.5. The van der Waals surface area contributed by atoms with E-state index >= 15 is 0 Å². The summed E-state index contributed by atoms with van der Waals surface area (Å²) in [6, 6.07) is 0. The third kappa shape index (κ3) is 3.36. The first kappa shape index (κ1) is 11.0. The largest absolute Gasteiger partial charge is 0.466 e. The Morgan fingerprint density at radius 1 is 1.36 bits per heavy atom. The van der Waals surface area contributed by atoms with Gasteiger partial charge in [-0.3, -0.25) is 4.79 Å². The van der Waals surface area contributed by atoms with Gasteiger partial charge in [0.05, 0.1) is 12.5 Å². The van der Waals surface area contributed by atoms with Gasteiger partial charge in [-0.1, -0.05) is 31.2 Å². The van der Waals surface area contributed by atoms with Crippen molar-refractivity contribution in [3.05, 3.63) is 24.3 Å². The lowest BCUT2D eigenvalue weighted by molar-refractivity contribution is -0.146. The summed E-state index contributed by atoms with van der Waals surface area (Å²) in [6.07, 6.45) is 10.1. The molecule has 0 aromatic heterocycles. The fourth-order valence-electron chi connectivity index (χ4n) is 1.46. The number of rotatable bonds is 2. The average Bonchev–Trinajstić information content (AvgIpc) is 2.12. The second-order valence-electron chi connectivity index (χ2n) is 3.66. The zero-order chi connectivity index (χ0) is 10.4. The summed E-state index contributed by atoms with van der Waals surface area (Å²) in [7, 11) is 0. The van der Waals surface area contributed by atoms with Crippen molar-refractivity contribution in [2.45, 2.75) is 26.7 Å². The third-order valence-corrected chi connectivity index (χ3v) is 2.33. The Kier molecular flexibility index (Phi) is 4.44. The number of esters is 1. The van der Waals surface area contributed by atoms with Gasteiger partial charge in [0.1, 0.15) is 0 Å². The number of hydrogen-bond donors (Lipinski definition) is 0. The molecule has 0 saturated heterocycles. The van der Waals surface area contributed by atoms with Crippen LogP contribution >= 0.6 is 0 Å². The number of ether oxygens (including phenoxy) is 1. The zero-order valence-electron chi connectivity index (χ0n) is 8.90. The molecule has 14 heavy (non-hydrogen) atoms. The fraction of sp³-hybridized carbons (Fsp3) is 0.583. The lowest BCUT2D eigenvalue weighted by Crippen LogP contribution is -2.16. The molecule has 0 heterocycles. The van der Waals surface area contributed by atoms with Crippen molar-refractivity contribution in [3.63, 3.8) is 0 Å². The van der Waals surface area contributed by atoms with Gasteiger partial charge in [0.2, 0.25) is 0 Å². The van der Waals surface area contributed by atoms with Crippen molar-refractivity contribution in [2.24, 2.45) is 11.8 Å². The quantitative estimate of drug-likeness (QED) is 0.499. The Bertz CT molecular complexity index is 241. The minimum absolute atomic E-state index is 0.0889. The van der Waals surface area contributed by atoms with Crippen molar-refractivity contribution in [1.82, 2.24) is 0 Å². The van der Waals surface area contributed by atoms with E-state index in [1.165, 1.54) is 0 Å². The highest BCUT2D eigenvalue weighted by molar-refractivity contribution is 5.74. The summed E-state index contributed by atoms with van der Waals surface area (Å²) in [6.45, 7) is 4.44. The molecule has 1 rings (SSSR count). The molecule has 0 N–H and O–H groups in total. The molecule has 0 spiro atoms. The molecule has 0 radical (unpaired) electrons. The van der Waals surface area contributed by atoms with Crippen LogP contribution in [0.4, 0.5) is 0 Å². The number of hydrogen-bond acceptors (Lipinski definition) is 2. The van der Waals surface area contributed by atoms with Crippen molar-refractivity contribution < 1.29 is 9.53 Å². The molecular formula is C12H18O2. The highest BCUT2D eigenvalue weighted by atomic mass is 16.5. The van der Waals surface area contributed by atoms with Crippen LogP contribution in [0.2, 0.25) is 0 Å². The maximum Gasteiger partial charge on any atom is 0.313 e.